The van der Waals surface area contributed by atoms with Gasteiger partial charge in [0.25, 0.3) is 0 Å². The summed E-state index contributed by atoms with van der Waals surface area (Å²) in [4.78, 5) is 23.7. The molecule has 110 valence electrons. The Morgan fingerprint density at radius 3 is 2.50 bits per heavy atom. The molecule has 1 rings (SSSR count). The smallest absolute Gasteiger partial charge is 0.317 e. The molecule has 0 saturated heterocycles. The quantitative estimate of drug-likeness (QED) is 0.802. The van der Waals surface area contributed by atoms with Crippen LogP contribution in [0.15, 0.2) is 24.3 Å². The van der Waals surface area contributed by atoms with Gasteiger partial charge in [-0.1, -0.05) is 12.1 Å². The Morgan fingerprint density at radius 1 is 1.30 bits per heavy atom. The highest BCUT2D eigenvalue weighted by atomic mass is 19.1. The van der Waals surface area contributed by atoms with Crippen LogP contribution in [0.25, 0.3) is 0 Å². The minimum Gasteiger partial charge on any atom is -0.481 e. The molecule has 0 saturated carbocycles. The monoisotopic (exact) mass is 282 g/mol. The van der Waals surface area contributed by atoms with Crippen LogP contribution in [0.5, 0.6) is 0 Å². The minimum absolute atomic E-state index is 0.0702. The fraction of sp³-hybridized carbons (Fsp3) is 0.429. The Kier molecular flexibility index (Phi) is 6.49. The van der Waals surface area contributed by atoms with Gasteiger partial charge in [0, 0.05) is 19.6 Å². The molecule has 6 heteroatoms. The van der Waals surface area contributed by atoms with Crippen molar-refractivity contribution < 1.29 is 19.1 Å². The third kappa shape index (κ3) is 5.69. The maximum Gasteiger partial charge on any atom is 0.317 e. The number of rotatable bonds is 7. The first-order chi connectivity index (χ1) is 9.52. The zero-order chi connectivity index (χ0) is 15.0. The summed E-state index contributed by atoms with van der Waals surface area (Å²) >= 11 is 0. The fourth-order valence-electron chi connectivity index (χ4n) is 1.71. The van der Waals surface area contributed by atoms with Crippen molar-refractivity contribution in [3.05, 3.63) is 35.6 Å². The zero-order valence-electron chi connectivity index (χ0n) is 11.4. The highest BCUT2D eigenvalue weighted by molar-refractivity contribution is 5.75. The van der Waals surface area contributed by atoms with E-state index < -0.39 is 5.97 Å². The average Bonchev–Trinajstić information content (AvgIpc) is 2.41. The van der Waals surface area contributed by atoms with Crippen LogP contribution in [0.1, 0.15) is 18.9 Å². The number of hydrogen-bond acceptors (Lipinski definition) is 2. The molecule has 5 nitrogen and oxygen atoms in total. The number of amides is 2. The molecule has 0 aliphatic heterocycles. The van der Waals surface area contributed by atoms with Gasteiger partial charge in [-0.2, -0.15) is 0 Å². The summed E-state index contributed by atoms with van der Waals surface area (Å²) in [6.45, 7) is 2.86. The lowest BCUT2D eigenvalue weighted by Gasteiger charge is -2.20. The molecule has 0 heterocycles. The van der Waals surface area contributed by atoms with Gasteiger partial charge in [-0.15, -0.1) is 0 Å². The van der Waals surface area contributed by atoms with E-state index in [1.165, 1.54) is 17.0 Å². The number of carboxylic acid groups (broad SMARTS) is 1. The van der Waals surface area contributed by atoms with E-state index in [0.29, 0.717) is 19.5 Å². The average molecular weight is 282 g/mol. The normalized spacial score (nSPS) is 10.1. The van der Waals surface area contributed by atoms with Crippen LogP contribution in [0.4, 0.5) is 9.18 Å². The largest absolute Gasteiger partial charge is 0.481 e. The second-order valence-electron chi connectivity index (χ2n) is 4.33. The first-order valence-corrected chi connectivity index (χ1v) is 6.52. The molecule has 0 radical (unpaired) electrons. The Balaban J connectivity index is 2.33. The predicted molar refractivity (Wildman–Crippen MR) is 73.0 cm³/mol. The van der Waals surface area contributed by atoms with Crippen molar-refractivity contribution in [2.24, 2.45) is 0 Å². The maximum absolute atomic E-state index is 12.7. The van der Waals surface area contributed by atoms with Crippen LogP contribution >= 0.6 is 0 Å². The van der Waals surface area contributed by atoms with E-state index in [1.807, 2.05) is 0 Å². The molecule has 0 bridgehead atoms. The number of aliphatic carboxylic acids is 1. The number of carboxylic acids is 1. The van der Waals surface area contributed by atoms with Gasteiger partial charge in [0.1, 0.15) is 5.82 Å². The van der Waals surface area contributed by atoms with E-state index in [0.717, 1.165) is 5.56 Å². The van der Waals surface area contributed by atoms with E-state index in [4.69, 9.17) is 5.11 Å². The lowest BCUT2D eigenvalue weighted by molar-refractivity contribution is -0.137. The van der Waals surface area contributed by atoms with Crippen molar-refractivity contribution in [2.45, 2.75) is 19.8 Å². The molecule has 0 aliphatic carbocycles. The summed E-state index contributed by atoms with van der Waals surface area (Å²) in [7, 11) is 0. The van der Waals surface area contributed by atoms with Crippen LogP contribution in [0.2, 0.25) is 0 Å². The SMILES string of the molecule is CCN(CCC(=O)O)C(=O)NCCc1ccc(F)cc1. The van der Waals surface area contributed by atoms with Gasteiger partial charge in [0.05, 0.1) is 6.42 Å². The molecule has 2 amide bonds. The molecule has 0 spiro atoms. The number of carbonyl (C=O) groups excluding carboxylic acids is 1. The Morgan fingerprint density at radius 2 is 1.95 bits per heavy atom. The standard InChI is InChI=1S/C14H19FN2O3/c1-2-17(10-8-13(18)19)14(20)16-9-7-11-3-5-12(15)6-4-11/h3-6H,2,7-10H2,1H3,(H,16,20)(H,18,19). The summed E-state index contributed by atoms with van der Waals surface area (Å²) in [6.07, 6.45) is 0.529. The third-order valence-electron chi connectivity index (χ3n) is 2.87. The molecule has 0 aliphatic rings. The molecular weight excluding hydrogens is 263 g/mol. The lowest BCUT2D eigenvalue weighted by atomic mass is 10.1. The van der Waals surface area contributed by atoms with E-state index in [-0.39, 0.29) is 24.8 Å². The molecular formula is C14H19FN2O3. The van der Waals surface area contributed by atoms with Gasteiger partial charge in [0.2, 0.25) is 0 Å². The zero-order valence-corrected chi connectivity index (χ0v) is 11.4. The van der Waals surface area contributed by atoms with Gasteiger partial charge in [-0.3, -0.25) is 4.79 Å². The molecule has 0 fully saturated rings. The summed E-state index contributed by atoms with van der Waals surface area (Å²) in [5.74, 6) is -1.22. The van der Waals surface area contributed by atoms with Crippen LogP contribution in [0.3, 0.4) is 0 Å². The van der Waals surface area contributed by atoms with Crippen LogP contribution in [0, 0.1) is 5.82 Å². The van der Waals surface area contributed by atoms with Crippen molar-refractivity contribution in [1.82, 2.24) is 10.2 Å². The molecule has 0 unspecified atom stereocenters. The molecule has 2 N–H and O–H groups in total. The van der Waals surface area contributed by atoms with Gasteiger partial charge in [-0.25, -0.2) is 9.18 Å². The first kappa shape index (κ1) is 15.9. The number of nitrogens with one attached hydrogen (secondary N) is 1. The topological polar surface area (TPSA) is 69.6 Å². The highest BCUT2D eigenvalue weighted by Gasteiger charge is 2.11. The summed E-state index contributed by atoms with van der Waals surface area (Å²) in [5, 5.41) is 11.3. The van der Waals surface area contributed by atoms with E-state index in [2.05, 4.69) is 5.32 Å². The van der Waals surface area contributed by atoms with E-state index in [1.54, 1.807) is 19.1 Å². The van der Waals surface area contributed by atoms with Gasteiger partial charge >= 0.3 is 12.0 Å². The predicted octanol–water partition coefficient (Wildman–Crippen LogP) is 1.87. The van der Waals surface area contributed by atoms with Gasteiger partial charge in [-0.05, 0) is 31.0 Å². The van der Waals surface area contributed by atoms with Gasteiger partial charge in [0.15, 0.2) is 0 Å². The second-order valence-corrected chi connectivity index (χ2v) is 4.33. The van der Waals surface area contributed by atoms with Crippen LogP contribution in [-0.4, -0.2) is 41.6 Å². The third-order valence-corrected chi connectivity index (χ3v) is 2.87. The van der Waals surface area contributed by atoms with Gasteiger partial charge < -0.3 is 15.3 Å². The first-order valence-electron chi connectivity index (χ1n) is 6.52. The number of benzene rings is 1. The van der Waals surface area contributed by atoms with E-state index in [9.17, 15) is 14.0 Å². The summed E-state index contributed by atoms with van der Waals surface area (Å²) in [5.41, 5.74) is 0.931. The van der Waals surface area contributed by atoms with Crippen molar-refractivity contribution in [1.29, 1.82) is 0 Å². The number of carbonyl (C=O) groups is 2. The molecule has 1 aromatic rings. The second kappa shape index (κ2) is 8.14. The highest BCUT2D eigenvalue weighted by Crippen LogP contribution is 2.03. The molecule has 1 aromatic carbocycles. The maximum atomic E-state index is 12.7. The fourth-order valence-corrected chi connectivity index (χ4v) is 1.71. The Labute approximate surface area is 117 Å². The number of halogens is 1. The van der Waals surface area contributed by atoms with E-state index >= 15 is 0 Å². The number of urea groups is 1. The van der Waals surface area contributed by atoms with Crippen molar-refractivity contribution in [3.63, 3.8) is 0 Å². The Bertz CT molecular complexity index is 448. The summed E-state index contributed by atoms with van der Waals surface area (Å²) < 4.78 is 12.7. The summed E-state index contributed by atoms with van der Waals surface area (Å²) in [6, 6.07) is 5.81. The number of nitrogens with zero attached hydrogens (tertiary/aromatic N) is 1. The Hall–Kier alpha value is -2.11. The van der Waals surface area contributed by atoms with Crippen LogP contribution in [-0.2, 0) is 11.2 Å². The van der Waals surface area contributed by atoms with Crippen molar-refractivity contribution >= 4 is 12.0 Å². The van der Waals surface area contributed by atoms with Crippen molar-refractivity contribution in [2.75, 3.05) is 19.6 Å². The number of hydrogen-bond donors (Lipinski definition) is 2. The van der Waals surface area contributed by atoms with Crippen LogP contribution < -0.4 is 5.32 Å². The molecule has 20 heavy (non-hydrogen) atoms. The van der Waals surface area contributed by atoms with Crippen molar-refractivity contribution in [3.8, 4) is 0 Å². The molecule has 0 atom stereocenters. The molecule has 0 aromatic heterocycles. The minimum atomic E-state index is -0.928. The lowest BCUT2D eigenvalue weighted by Crippen LogP contribution is -2.41.